The largest absolute Gasteiger partial charge is 0.494 e. The van der Waals surface area contributed by atoms with Crippen LogP contribution in [0.5, 0.6) is 5.75 Å². The van der Waals surface area contributed by atoms with Gasteiger partial charge in [0, 0.05) is 5.16 Å². The summed E-state index contributed by atoms with van der Waals surface area (Å²) in [6.45, 7) is 9.48. The fourth-order valence-electron chi connectivity index (χ4n) is 2.27. The third-order valence-electron chi connectivity index (χ3n) is 3.68. The zero-order chi connectivity index (χ0) is 18.8. The minimum atomic E-state index is -3.19. The number of benzene rings is 1. The van der Waals surface area contributed by atoms with Gasteiger partial charge in [0.25, 0.3) is 5.69 Å². The number of nitrogens with zero attached hydrogens (tertiary/aromatic N) is 2. The van der Waals surface area contributed by atoms with Crippen molar-refractivity contribution in [3.63, 3.8) is 0 Å². The van der Waals surface area contributed by atoms with E-state index in [1.807, 2.05) is 20.8 Å². The summed E-state index contributed by atoms with van der Waals surface area (Å²) >= 11 is 0. The molecule has 0 spiro atoms. The zero-order valence-corrected chi connectivity index (χ0v) is 15.9. The lowest BCUT2D eigenvalue weighted by Gasteiger charge is -2.29. The first-order chi connectivity index (χ1) is 11.6. The Labute approximate surface area is 146 Å². The summed E-state index contributed by atoms with van der Waals surface area (Å²) in [5, 5.41) is 10.8. The van der Waals surface area contributed by atoms with Gasteiger partial charge in [0.05, 0.1) is 17.6 Å². The van der Waals surface area contributed by atoms with Gasteiger partial charge < -0.3 is 14.0 Å². The molecular weight excluding hydrogens is 343 g/mol. The van der Waals surface area contributed by atoms with Gasteiger partial charge in [0.2, 0.25) is 0 Å². The Bertz CT molecular complexity index is 836. The van der Waals surface area contributed by atoms with Crippen molar-refractivity contribution in [1.82, 2.24) is 0 Å². The molecule has 136 valence electrons. The number of aryl methyl sites for hydroxylation is 1. The van der Waals surface area contributed by atoms with E-state index in [1.165, 1.54) is 12.1 Å². The lowest BCUT2D eigenvalue weighted by molar-refractivity contribution is -0.384. The number of rotatable bonds is 5. The molecule has 1 heterocycles. The summed E-state index contributed by atoms with van der Waals surface area (Å²) in [6, 6.07) is 7.85. The fraction of sp³-hybridized carbons (Fsp3) is 0.412. The Balaban J connectivity index is 2.71. The van der Waals surface area contributed by atoms with Crippen LogP contribution in [0.1, 0.15) is 33.5 Å². The van der Waals surface area contributed by atoms with Crippen LogP contribution in [0.4, 0.5) is 11.4 Å². The molecule has 25 heavy (non-hydrogen) atoms. The second kappa shape index (κ2) is 7.02. The molecule has 1 unspecified atom stereocenters. The molecular formula is C17H23N2O5P. The average molecular weight is 366 g/mol. The molecule has 2 rings (SSSR count). The highest BCUT2D eigenvalue weighted by molar-refractivity contribution is 7.69. The van der Waals surface area contributed by atoms with Crippen LogP contribution in [0, 0.1) is 17.0 Å². The fourth-order valence-corrected chi connectivity index (χ4v) is 4.36. The van der Waals surface area contributed by atoms with Crippen LogP contribution in [-0.4, -0.2) is 21.6 Å². The molecule has 1 aromatic heterocycles. The normalized spacial score (nSPS) is 14.0. The van der Waals surface area contributed by atoms with Crippen molar-refractivity contribution in [1.29, 1.82) is 0 Å². The maximum Gasteiger partial charge on any atom is 0.298 e. The molecule has 0 saturated carbocycles. The van der Waals surface area contributed by atoms with E-state index < -0.39 is 17.4 Å². The number of furan rings is 1. The smallest absolute Gasteiger partial charge is 0.298 e. The predicted octanol–water partition coefficient (Wildman–Crippen LogP) is 4.76. The first kappa shape index (κ1) is 19.2. The highest BCUT2D eigenvalue weighted by atomic mass is 31.2. The summed E-state index contributed by atoms with van der Waals surface area (Å²) in [5.74, 6) is 1.04. The van der Waals surface area contributed by atoms with Crippen LogP contribution in [0.15, 0.2) is 39.5 Å². The summed E-state index contributed by atoms with van der Waals surface area (Å²) in [5.41, 5.74) is 0.242. The molecule has 1 aromatic carbocycles. The van der Waals surface area contributed by atoms with Gasteiger partial charge in [0.15, 0.2) is 12.8 Å². The van der Waals surface area contributed by atoms with Crippen LogP contribution >= 0.6 is 7.28 Å². The van der Waals surface area contributed by atoms with Crippen molar-refractivity contribution >= 4 is 24.2 Å². The predicted molar refractivity (Wildman–Crippen MR) is 98.3 cm³/mol. The highest BCUT2D eigenvalue weighted by Crippen LogP contribution is 2.59. The van der Waals surface area contributed by atoms with Gasteiger partial charge in [-0.3, -0.25) is 10.1 Å². The van der Waals surface area contributed by atoms with E-state index in [2.05, 4.69) is 4.74 Å². The Morgan fingerprint density at radius 3 is 2.48 bits per heavy atom. The van der Waals surface area contributed by atoms with E-state index >= 15 is 0 Å². The molecule has 0 aliphatic carbocycles. The highest BCUT2D eigenvalue weighted by Gasteiger charge is 2.37. The first-order valence-electron chi connectivity index (χ1n) is 7.92. The molecule has 0 saturated heterocycles. The van der Waals surface area contributed by atoms with Gasteiger partial charge in [0.1, 0.15) is 17.2 Å². The van der Waals surface area contributed by atoms with Crippen molar-refractivity contribution in [2.45, 2.75) is 39.8 Å². The minimum absolute atomic E-state index is 0.105. The summed E-state index contributed by atoms with van der Waals surface area (Å²) in [7, 11) is -3.19. The minimum Gasteiger partial charge on any atom is -0.494 e. The average Bonchev–Trinajstić information content (AvgIpc) is 2.94. The molecule has 0 amide bonds. The summed E-state index contributed by atoms with van der Waals surface area (Å²) in [4.78, 5) is 22.3. The van der Waals surface area contributed by atoms with Crippen molar-refractivity contribution in [2.75, 3.05) is 6.61 Å². The molecule has 1 N–H and O–H groups in total. The van der Waals surface area contributed by atoms with E-state index in [0.717, 1.165) is 0 Å². The molecule has 0 aliphatic heterocycles. The van der Waals surface area contributed by atoms with Crippen LogP contribution < -0.4 is 10.2 Å². The summed E-state index contributed by atoms with van der Waals surface area (Å²) in [6.07, 6.45) is 0. The maximum absolute atomic E-state index is 11.5. The number of ether oxygens (including phenoxy) is 1. The number of hydrogen-bond donors (Lipinski definition) is 1. The van der Waals surface area contributed by atoms with Gasteiger partial charge >= 0.3 is 0 Å². The molecule has 7 nitrogen and oxygen atoms in total. The molecule has 8 heteroatoms. The van der Waals surface area contributed by atoms with Crippen LogP contribution in [0.2, 0.25) is 0 Å². The SMILES string of the molecule is CCOc1ccc(N=P(O)(c2ccc(C)o2)C(C)(C)C)c([N+](=O)[O-])c1. The number of hydrogen-bond acceptors (Lipinski definition) is 5. The molecule has 0 radical (unpaired) electrons. The lowest BCUT2D eigenvalue weighted by Crippen LogP contribution is -2.22. The Morgan fingerprint density at radius 2 is 2.00 bits per heavy atom. The standard InChI is InChI=1S/C17H23N2O5P/c1-6-23-13-8-9-14(15(11-13)19(20)21)18-25(22,17(3,4)5)16-10-7-12(2)24-16/h7-11,22H,6H2,1-5H3. The van der Waals surface area contributed by atoms with Crippen molar-refractivity contribution < 1.29 is 19.0 Å². The Kier molecular flexibility index (Phi) is 5.40. The molecule has 1 atom stereocenters. The summed E-state index contributed by atoms with van der Waals surface area (Å²) < 4.78 is 15.4. The Hall–Kier alpha value is -2.11. The monoisotopic (exact) mass is 366 g/mol. The molecule has 0 bridgehead atoms. The van der Waals surface area contributed by atoms with E-state index in [9.17, 15) is 15.0 Å². The Morgan fingerprint density at radius 1 is 1.32 bits per heavy atom. The maximum atomic E-state index is 11.5. The van der Waals surface area contributed by atoms with Crippen molar-refractivity contribution in [2.24, 2.45) is 4.74 Å². The quantitative estimate of drug-likeness (QED) is 0.467. The van der Waals surface area contributed by atoms with Crippen LogP contribution in [-0.2, 0) is 0 Å². The number of nitro groups is 1. The zero-order valence-electron chi connectivity index (χ0n) is 15.0. The van der Waals surface area contributed by atoms with Crippen molar-refractivity contribution in [3.05, 3.63) is 46.2 Å². The number of nitro benzene ring substituents is 1. The molecule has 2 aromatic rings. The van der Waals surface area contributed by atoms with E-state index in [-0.39, 0.29) is 11.4 Å². The first-order valence-corrected chi connectivity index (χ1v) is 9.61. The van der Waals surface area contributed by atoms with E-state index in [1.54, 1.807) is 32.0 Å². The van der Waals surface area contributed by atoms with Crippen molar-refractivity contribution in [3.8, 4) is 5.75 Å². The van der Waals surface area contributed by atoms with Gasteiger partial charge in [-0.2, -0.15) is 0 Å². The van der Waals surface area contributed by atoms with E-state index in [4.69, 9.17) is 9.15 Å². The van der Waals surface area contributed by atoms with Gasteiger partial charge in [-0.05, 0) is 38.1 Å². The van der Waals surface area contributed by atoms with Gasteiger partial charge in [-0.1, -0.05) is 20.8 Å². The molecule has 0 fully saturated rings. The third-order valence-corrected chi connectivity index (χ3v) is 6.91. The van der Waals surface area contributed by atoms with Gasteiger partial charge in [-0.15, -0.1) is 0 Å². The van der Waals surface area contributed by atoms with Crippen LogP contribution in [0.3, 0.4) is 0 Å². The van der Waals surface area contributed by atoms with Gasteiger partial charge in [-0.25, -0.2) is 4.74 Å². The topological polar surface area (TPSA) is 98.1 Å². The van der Waals surface area contributed by atoms with Crippen LogP contribution in [0.25, 0.3) is 0 Å². The molecule has 0 aliphatic rings. The third kappa shape index (κ3) is 3.94. The van der Waals surface area contributed by atoms with E-state index in [0.29, 0.717) is 23.6 Å². The second-order valence-corrected chi connectivity index (χ2v) is 9.78. The second-order valence-electron chi connectivity index (χ2n) is 6.60. The lowest BCUT2D eigenvalue weighted by atomic mass is 10.2.